The summed E-state index contributed by atoms with van der Waals surface area (Å²) in [6.45, 7) is -0.294. The summed E-state index contributed by atoms with van der Waals surface area (Å²) in [5.41, 5.74) is 0. The first kappa shape index (κ1) is 10.4. The van der Waals surface area contributed by atoms with Crippen LogP contribution in [0, 0.1) is 0 Å². The summed E-state index contributed by atoms with van der Waals surface area (Å²) in [6, 6.07) is 0. The number of carbonyl (C=O) groups is 3. The summed E-state index contributed by atoms with van der Waals surface area (Å²) >= 11 is 0. The van der Waals surface area contributed by atoms with Gasteiger partial charge in [0.2, 0.25) is 5.91 Å². The predicted molar refractivity (Wildman–Crippen MR) is 39.3 cm³/mol. The molecule has 0 unspecified atom stereocenters. The minimum atomic E-state index is -1.60. The quantitative estimate of drug-likeness (QED) is 0.487. The highest BCUT2D eigenvalue weighted by molar-refractivity contribution is 6.31. The monoisotopic (exact) mass is 174 g/mol. The Morgan fingerprint density at radius 2 is 1.83 bits per heavy atom. The van der Waals surface area contributed by atoms with Crippen molar-refractivity contribution in [2.45, 2.75) is 0 Å². The molecule has 0 atom stereocenters. The molecule has 0 aliphatic carbocycles. The molecular formula is C6H10N2O4. The predicted octanol–water partition coefficient (Wildman–Crippen LogP) is -1.72. The van der Waals surface area contributed by atoms with Gasteiger partial charge in [0.1, 0.15) is 0 Å². The molecule has 6 nitrogen and oxygen atoms in total. The molecule has 0 aromatic carbocycles. The zero-order valence-corrected chi connectivity index (χ0v) is 6.83. The fourth-order valence-electron chi connectivity index (χ4n) is 0.390. The second kappa shape index (κ2) is 4.32. The zero-order chi connectivity index (χ0) is 9.72. The van der Waals surface area contributed by atoms with Crippen LogP contribution in [0.3, 0.4) is 0 Å². The van der Waals surface area contributed by atoms with Gasteiger partial charge in [-0.05, 0) is 0 Å². The lowest BCUT2D eigenvalue weighted by molar-refractivity contribution is -0.150. The van der Waals surface area contributed by atoms with Crippen LogP contribution < -0.4 is 5.32 Å². The maximum atomic E-state index is 10.8. The van der Waals surface area contributed by atoms with Crippen LogP contribution in [-0.4, -0.2) is 48.4 Å². The second-order valence-electron chi connectivity index (χ2n) is 2.28. The van der Waals surface area contributed by atoms with Crippen LogP contribution >= 0.6 is 0 Å². The highest BCUT2D eigenvalue weighted by atomic mass is 16.4. The summed E-state index contributed by atoms with van der Waals surface area (Å²) in [4.78, 5) is 32.4. The van der Waals surface area contributed by atoms with E-state index >= 15 is 0 Å². The van der Waals surface area contributed by atoms with E-state index in [4.69, 9.17) is 5.11 Å². The number of carboxylic acids is 1. The topological polar surface area (TPSA) is 86.7 Å². The molecule has 0 aromatic heterocycles. The molecule has 0 aromatic rings. The normalized spacial score (nSPS) is 8.83. The Bertz CT molecular complexity index is 212. The fraction of sp³-hybridized carbons (Fsp3) is 0.500. The average Bonchev–Trinajstić information content (AvgIpc) is 1.98. The molecule has 2 N–H and O–H groups in total. The van der Waals surface area contributed by atoms with E-state index in [-0.39, 0.29) is 12.5 Å². The maximum Gasteiger partial charge on any atom is 0.394 e. The third-order valence-corrected chi connectivity index (χ3v) is 1.09. The molecule has 0 aliphatic heterocycles. The van der Waals surface area contributed by atoms with E-state index in [1.807, 2.05) is 5.32 Å². The Morgan fingerprint density at radius 1 is 1.33 bits per heavy atom. The Morgan fingerprint density at radius 3 is 2.17 bits per heavy atom. The van der Waals surface area contributed by atoms with Gasteiger partial charge in [-0.1, -0.05) is 0 Å². The zero-order valence-electron chi connectivity index (χ0n) is 6.83. The molecule has 0 saturated carbocycles. The summed E-state index contributed by atoms with van der Waals surface area (Å²) < 4.78 is 0. The number of likely N-dealkylation sites (N-methyl/N-ethyl adjacent to an activating group) is 1. The van der Waals surface area contributed by atoms with E-state index in [2.05, 4.69) is 0 Å². The van der Waals surface area contributed by atoms with Crippen LogP contribution in [0.5, 0.6) is 0 Å². The van der Waals surface area contributed by atoms with E-state index < -0.39 is 11.9 Å². The third-order valence-electron chi connectivity index (χ3n) is 1.09. The third kappa shape index (κ3) is 3.55. The van der Waals surface area contributed by atoms with Gasteiger partial charge in [0.05, 0.1) is 6.54 Å². The van der Waals surface area contributed by atoms with Crippen LogP contribution in [0.4, 0.5) is 0 Å². The van der Waals surface area contributed by atoms with Crippen molar-refractivity contribution in [3.8, 4) is 0 Å². The van der Waals surface area contributed by atoms with Gasteiger partial charge in [-0.15, -0.1) is 0 Å². The van der Waals surface area contributed by atoms with Crippen molar-refractivity contribution in [3.05, 3.63) is 0 Å². The van der Waals surface area contributed by atoms with E-state index in [0.717, 1.165) is 0 Å². The van der Waals surface area contributed by atoms with Crippen LogP contribution in [0.15, 0.2) is 0 Å². The SMILES string of the molecule is CN(C)C(=O)CNC(=O)C(=O)O. The number of carbonyl (C=O) groups excluding carboxylic acids is 2. The van der Waals surface area contributed by atoms with Gasteiger partial charge in [-0.3, -0.25) is 9.59 Å². The van der Waals surface area contributed by atoms with Gasteiger partial charge >= 0.3 is 11.9 Å². The maximum absolute atomic E-state index is 10.8. The number of nitrogens with zero attached hydrogens (tertiary/aromatic N) is 1. The lowest BCUT2D eigenvalue weighted by Gasteiger charge is -2.09. The molecular weight excluding hydrogens is 164 g/mol. The van der Waals surface area contributed by atoms with E-state index in [1.165, 1.54) is 19.0 Å². The van der Waals surface area contributed by atoms with Gasteiger partial charge in [0, 0.05) is 14.1 Å². The Labute approximate surface area is 69.2 Å². The van der Waals surface area contributed by atoms with E-state index in [1.54, 1.807) is 0 Å². The molecule has 0 rings (SSSR count). The minimum Gasteiger partial charge on any atom is -0.474 e. The number of hydrogen-bond donors (Lipinski definition) is 2. The molecule has 0 heterocycles. The van der Waals surface area contributed by atoms with Gasteiger partial charge in [-0.2, -0.15) is 0 Å². The number of aliphatic carboxylic acids is 1. The van der Waals surface area contributed by atoms with Gasteiger partial charge in [0.25, 0.3) is 0 Å². The molecule has 0 saturated heterocycles. The van der Waals surface area contributed by atoms with Crippen LogP contribution in [0.2, 0.25) is 0 Å². The molecule has 68 valence electrons. The van der Waals surface area contributed by atoms with Gasteiger partial charge < -0.3 is 15.3 Å². The number of hydrogen-bond acceptors (Lipinski definition) is 3. The van der Waals surface area contributed by atoms with Crippen LogP contribution in [-0.2, 0) is 14.4 Å². The number of amides is 2. The number of rotatable bonds is 2. The first-order valence-electron chi connectivity index (χ1n) is 3.16. The first-order chi connectivity index (χ1) is 5.45. The average molecular weight is 174 g/mol. The first-order valence-corrected chi connectivity index (χ1v) is 3.16. The molecule has 0 spiro atoms. The van der Waals surface area contributed by atoms with Crippen molar-refractivity contribution >= 4 is 17.8 Å². The minimum absolute atomic E-state index is 0.294. The molecule has 12 heavy (non-hydrogen) atoms. The molecule has 0 aliphatic rings. The summed E-state index contributed by atoms with van der Waals surface area (Å²) in [5, 5.41) is 10.0. The lowest BCUT2D eigenvalue weighted by Crippen LogP contribution is -2.39. The summed E-state index contributed by atoms with van der Waals surface area (Å²) in [6.07, 6.45) is 0. The van der Waals surface area contributed by atoms with Gasteiger partial charge in [-0.25, -0.2) is 4.79 Å². The highest BCUT2D eigenvalue weighted by Gasteiger charge is 2.12. The van der Waals surface area contributed by atoms with Crippen molar-refractivity contribution < 1.29 is 19.5 Å². The van der Waals surface area contributed by atoms with Crippen molar-refractivity contribution in [1.82, 2.24) is 10.2 Å². The molecule has 0 bridgehead atoms. The standard InChI is InChI=1S/C6H10N2O4/c1-8(2)4(9)3-7-5(10)6(11)12/h3H2,1-2H3,(H,7,10)(H,11,12). The van der Waals surface area contributed by atoms with Crippen molar-refractivity contribution in [2.75, 3.05) is 20.6 Å². The van der Waals surface area contributed by atoms with E-state index in [9.17, 15) is 14.4 Å². The summed E-state index contributed by atoms with van der Waals surface area (Å²) in [7, 11) is 3.02. The van der Waals surface area contributed by atoms with E-state index in [0.29, 0.717) is 0 Å². The Balaban J connectivity index is 3.77. The van der Waals surface area contributed by atoms with Crippen LogP contribution in [0.25, 0.3) is 0 Å². The molecule has 6 heteroatoms. The van der Waals surface area contributed by atoms with Crippen LogP contribution in [0.1, 0.15) is 0 Å². The summed E-state index contributed by atoms with van der Waals surface area (Å²) in [5.74, 6) is -3.13. The van der Waals surface area contributed by atoms with Crippen molar-refractivity contribution in [2.24, 2.45) is 0 Å². The number of nitrogens with one attached hydrogen (secondary N) is 1. The molecule has 2 amide bonds. The van der Waals surface area contributed by atoms with Gasteiger partial charge in [0.15, 0.2) is 0 Å². The largest absolute Gasteiger partial charge is 0.474 e. The smallest absolute Gasteiger partial charge is 0.394 e. The molecule has 0 radical (unpaired) electrons. The Hall–Kier alpha value is -1.59. The Kier molecular flexibility index (Phi) is 3.75. The van der Waals surface area contributed by atoms with Crippen molar-refractivity contribution in [3.63, 3.8) is 0 Å². The highest BCUT2D eigenvalue weighted by Crippen LogP contribution is 1.75. The number of carboxylic acid groups (broad SMARTS) is 1. The second-order valence-corrected chi connectivity index (χ2v) is 2.28. The van der Waals surface area contributed by atoms with Crippen molar-refractivity contribution in [1.29, 1.82) is 0 Å². The molecule has 0 fully saturated rings. The fourth-order valence-corrected chi connectivity index (χ4v) is 0.390. The lowest BCUT2D eigenvalue weighted by atomic mass is 10.5.